The van der Waals surface area contributed by atoms with Crippen molar-refractivity contribution in [2.45, 2.75) is 26.7 Å². The third-order valence-electron chi connectivity index (χ3n) is 7.62. The van der Waals surface area contributed by atoms with E-state index in [9.17, 15) is 9.59 Å². The number of morpholine rings is 1. The first-order chi connectivity index (χ1) is 18.6. The quantitative estimate of drug-likeness (QED) is 0.502. The minimum absolute atomic E-state index is 0.0563. The van der Waals surface area contributed by atoms with Gasteiger partial charge in [0.05, 0.1) is 30.2 Å². The maximum atomic E-state index is 13.5. The average molecular weight is 516 g/mol. The first kappa shape index (κ1) is 26.0. The maximum absolute atomic E-state index is 13.5. The number of fused-ring (bicyclic) bond motifs is 1. The van der Waals surface area contributed by atoms with Crippen molar-refractivity contribution in [1.82, 2.24) is 9.88 Å². The summed E-state index contributed by atoms with van der Waals surface area (Å²) in [6.07, 6.45) is 1.80. The summed E-state index contributed by atoms with van der Waals surface area (Å²) in [7, 11) is 0. The molecule has 3 heterocycles. The molecule has 38 heavy (non-hydrogen) atoms. The van der Waals surface area contributed by atoms with Gasteiger partial charge in [0.15, 0.2) is 0 Å². The molecule has 0 aliphatic carbocycles. The summed E-state index contributed by atoms with van der Waals surface area (Å²) in [6, 6.07) is 17.6. The van der Waals surface area contributed by atoms with E-state index in [0.29, 0.717) is 12.1 Å². The van der Waals surface area contributed by atoms with Gasteiger partial charge in [0.25, 0.3) is 5.91 Å². The van der Waals surface area contributed by atoms with Gasteiger partial charge in [-0.05, 0) is 63.1 Å². The third-order valence-corrected chi connectivity index (χ3v) is 7.62. The Balaban J connectivity index is 1.37. The molecule has 8 nitrogen and oxygen atoms in total. The van der Waals surface area contributed by atoms with E-state index in [2.05, 4.69) is 15.1 Å². The molecule has 0 spiro atoms. The highest BCUT2D eigenvalue weighted by molar-refractivity contribution is 6.13. The summed E-state index contributed by atoms with van der Waals surface area (Å²) in [5.41, 5.74) is 3.23. The number of nitrogens with one attached hydrogen (secondary N) is 1. The summed E-state index contributed by atoms with van der Waals surface area (Å²) in [5.74, 6) is 0.725. The second-order valence-corrected chi connectivity index (χ2v) is 9.94. The van der Waals surface area contributed by atoms with Gasteiger partial charge in [0.1, 0.15) is 5.82 Å². The fourth-order valence-electron chi connectivity index (χ4n) is 5.47. The number of rotatable bonds is 7. The SMILES string of the molecule is CCN(CC)C(=O)C1CCCN(c2cc(C(=O)Nc3ccc(N4CCOCC4)cc3)c3ccccc3n2)C1. The Morgan fingerprint density at radius 1 is 1.00 bits per heavy atom. The predicted octanol–water partition coefficient (Wildman–Crippen LogP) is 4.41. The average Bonchev–Trinajstić information content (AvgIpc) is 2.98. The van der Waals surface area contributed by atoms with Crippen LogP contribution in [0, 0.1) is 5.92 Å². The van der Waals surface area contributed by atoms with Crippen LogP contribution in [0.4, 0.5) is 17.2 Å². The van der Waals surface area contributed by atoms with Gasteiger partial charge in [-0.3, -0.25) is 9.59 Å². The minimum Gasteiger partial charge on any atom is -0.378 e. The number of nitrogens with zero attached hydrogens (tertiary/aromatic N) is 4. The highest BCUT2D eigenvalue weighted by atomic mass is 16.5. The van der Waals surface area contributed by atoms with Crippen molar-refractivity contribution in [1.29, 1.82) is 0 Å². The molecule has 2 amide bonds. The largest absolute Gasteiger partial charge is 0.378 e. The van der Waals surface area contributed by atoms with Gasteiger partial charge in [0, 0.05) is 56.0 Å². The molecule has 2 aromatic carbocycles. The van der Waals surface area contributed by atoms with Crippen LogP contribution in [-0.4, -0.2) is 74.2 Å². The van der Waals surface area contributed by atoms with E-state index in [1.807, 2.05) is 73.3 Å². The second-order valence-electron chi connectivity index (χ2n) is 9.94. The van der Waals surface area contributed by atoms with Gasteiger partial charge in [0.2, 0.25) is 5.91 Å². The molecule has 0 saturated carbocycles. The zero-order valence-corrected chi connectivity index (χ0v) is 22.4. The van der Waals surface area contributed by atoms with Gasteiger partial charge in [-0.2, -0.15) is 0 Å². The van der Waals surface area contributed by atoms with E-state index in [-0.39, 0.29) is 17.7 Å². The number of hydrogen-bond donors (Lipinski definition) is 1. The Morgan fingerprint density at radius 2 is 1.74 bits per heavy atom. The molecule has 1 atom stereocenters. The van der Waals surface area contributed by atoms with E-state index < -0.39 is 0 Å². The number of carbonyl (C=O) groups is 2. The zero-order valence-electron chi connectivity index (χ0n) is 22.4. The van der Waals surface area contributed by atoms with Crippen molar-refractivity contribution in [2.24, 2.45) is 5.92 Å². The van der Waals surface area contributed by atoms with Gasteiger partial charge < -0.3 is 24.8 Å². The molecule has 5 rings (SSSR count). The number of para-hydroxylation sites is 1. The lowest BCUT2D eigenvalue weighted by molar-refractivity contribution is -0.135. The number of piperidine rings is 1. The molecule has 2 fully saturated rings. The number of ether oxygens (including phenoxy) is 1. The molecular weight excluding hydrogens is 478 g/mol. The van der Waals surface area contributed by atoms with Crippen molar-refractivity contribution >= 4 is 39.9 Å². The number of carbonyl (C=O) groups excluding carboxylic acids is 2. The number of amides is 2. The van der Waals surface area contributed by atoms with Gasteiger partial charge in [-0.1, -0.05) is 18.2 Å². The molecular formula is C30H37N5O3. The van der Waals surface area contributed by atoms with Crippen molar-refractivity contribution in [3.8, 4) is 0 Å². The molecule has 200 valence electrons. The molecule has 3 aromatic rings. The van der Waals surface area contributed by atoms with Gasteiger partial charge in [-0.15, -0.1) is 0 Å². The van der Waals surface area contributed by atoms with Crippen molar-refractivity contribution in [3.05, 3.63) is 60.2 Å². The highest BCUT2D eigenvalue weighted by Gasteiger charge is 2.29. The third kappa shape index (κ3) is 5.60. The smallest absolute Gasteiger partial charge is 0.256 e. The molecule has 0 bridgehead atoms. The Kier molecular flexibility index (Phi) is 8.08. The first-order valence-corrected chi connectivity index (χ1v) is 13.7. The van der Waals surface area contributed by atoms with Crippen LogP contribution in [0.5, 0.6) is 0 Å². The van der Waals surface area contributed by atoms with Crippen LogP contribution in [0.1, 0.15) is 37.0 Å². The Hall–Kier alpha value is -3.65. The first-order valence-electron chi connectivity index (χ1n) is 13.7. The summed E-state index contributed by atoms with van der Waals surface area (Å²) in [5, 5.41) is 3.89. The zero-order chi connectivity index (χ0) is 26.5. The van der Waals surface area contributed by atoms with Crippen LogP contribution in [0.2, 0.25) is 0 Å². The van der Waals surface area contributed by atoms with E-state index in [1.54, 1.807) is 0 Å². The number of anilines is 3. The number of benzene rings is 2. The standard InChI is InChI=1S/C30H37N5O3/c1-3-33(4-2)30(37)22-8-7-15-35(21-22)28-20-26(25-9-5-6-10-27(25)32-28)29(36)31-23-11-13-24(14-12-23)34-16-18-38-19-17-34/h5-6,9-14,20,22H,3-4,7-8,15-19,21H2,1-2H3,(H,31,36). The van der Waals surface area contributed by atoms with E-state index >= 15 is 0 Å². The molecule has 1 N–H and O–H groups in total. The van der Waals surface area contributed by atoms with Crippen molar-refractivity contribution in [3.63, 3.8) is 0 Å². The number of aromatic nitrogens is 1. The summed E-state index contributed by atoms with van der Waals surface area (Å²) >= 11 is 0. The van der Waals surface area contributed by atoms with Crippen LogP contribution in [0.3, 0.4) is 0 Å². The van der Waals surface area contributed by atoms with Gasteiger partial charge >= 0.3 is 0 Å². The Labute approximate surface area is 224 Å². The summed E-state index contributed by atoms with van der Waals surface area (Å²) < 4.78 is 5.45. The summed E-state index contributed by atoms with van der Waals surface area (Å²) in [6.45, 7) is 10.1. The fraction of sp³-hybridized carbons (Fsp3) is 0.433. The number of pyridine rings is 1. The van der Waals surface area contributed by atoms with Crippen LogP contribution >= 0.6 is 0 Å². The fourth-order valence-corrected chi connectivity index (χ4v) is 5.47. The van der Waals surface area contributed by atoms with E-state index in [4.69, 9.17) is 9.72 Å². The highest BCUT2D eigenvalue weighted by Crippen LogP contribution is 2.28. The minimum atomic E-state index is -0.170. The van der Waals surface area contributed by atoms with Crippen LogP contribution in [0.25, 0.3) is 10.9 Å². The maximum Gasteiger partial charge on any atom is 0.256 e. The van der Waals surface area contributed by atoms with Crippen molar-refractivity contribution in [2.75, 3.05) is 67.6 Å². The molecule has 2 aliphatic heterocycles. The molecule has 8 heteroatoms. The second kappa shape index (κ2) is 11.8. The van der Waals surface area contributed by atoms with Crippen LogP contribution in [-0.2, 0) is 9.53 Å². The van der Waals surface area contributed by atoms with Crippen LogP contribution < -0.4 is 15.1 Å². The molecule has 2 saturated heterocycles. The van der Waals surface area contributed by atoms with Crippen LogP contribution in [0.15, 0.2) is 54.6 Å². The molecule has 2 aliphatic rings. The Bertz CT molecular complexity index is 1270. The Morgan fingerprint density at radius 3 is 2.47 bits per heavy atom. The van der Waals surface area contributed by atoms with Gasteiger partial charge in [-0.25, -0.2) is 4.98 Å². The molecule has 1 aromatic heterocycles. The lowest BCUT2D eigenvalue weighted by atomic mass is 9.96. The lowest BCUT2D eigenvalue weighted by Gasteiger charge is -2.35. The predicted molar refractivity (Wildman–Crippen MR) is 152 cm³/mol. The topological polar surface area (TPSA) is 78.0 Å². The van der Waals surface area contributed by atoms with Crippen molar-refractivity contribution < 1.29 is 14.3 Å². The van der Waals surface area contributed by atoms with E-state index in [0.717, 1.165) is 86.9 Å². The van der Waals surface area contributed by atoms with E-state index in [1.165, 1.54) is 0 Å². The molecule has 0 radical (unpaired) electrons. The monoisotopic (exact) mass is 515 g/mol. The normalized spacial score (nSPS) is 17.9. The summed E-state index contributed by atoms with van der Waals surface area (Å²) in [4.78, 5) is 37.9. The molecule has 1 unspecified atom stereocenters. The lowest BCUT2D eigenvalue weighted by Crippen LogP contribution is -2.45. The number of hydrogen-bond acceptors (Lipinski definition) is 6.